The molecule has 1 heterocycles. The Morgan fingerprint density at radius 1 is 1.41 bits per heavy atom. The number of para-hydroxylation sites is 1. The molecule has 1 aliphatic rings. The van der Waals surface area contributed by atoms with Gasteiger partial charge >= 0.3 is 0 Å². The Morgan fingerprint density at radius 2 is 2.09 bits per heavy atom. The molecule has 1 aliphatic heterocycles. The van der Waals surface area contributed by atoms with E-state index in [4.69, 9.17) is 5.73 Å². The highest BCUT2D eigenvalue weighted by molar-refractivity contribution is 5.85. The van der Waals surface area contributed by atoms with Crippen LogP contribution in [0.25, 0.3) is 0 Å². The summed E-state index contributed by atoms with van der Waals surface area (Å²) in [5, 5.41) is 2.99. The molecule has 1 aromatic rings. The Morgan fingerprint density at radius 3 is 2.73 bits per heavy atom. The maximum absolute atomic E-state index is 13.8. The number of carbonyl (C=O) groups excluding carboxylic acids is 1. The van der Waals surface area contributed by atoms with Crippen molar-refractivity contribution in [1.29, 1.82) is 0 Å². The number of piperidine rings is 1. The number of rotatable bonds is 4. The van der Waals surface area contributed by atoms with Crippen molar-refractivity contribution in [3.8, 4) is 0 Å². The van der Waals surface area contributed by atoms with Crippen molar-refractivity contribution >= 4 is 24.0 Å². The van der Waals surface area contributed by atoms with E-state index in [-0.39, 0.29) is 36.1 Å². The number of carbonyl (C=O) groups is 1. The number of halogens is 2. The lowest BCUT2D eigenvalue weighted by atomic mass is 10.0. The highest BCUT2D eigenvalue weighted by Gasteiger charge is 2.25. The molecule has 1 aromatic carbocycles. The van der Waals surface area contributed by atoms with Gasteiger partial charge in [0.1, 0.15) is 5.82 Å². The fraction of sp³-hybridized carbons (Fsp3) is 0.562. The maximum Gasteiger partial charge on any atom is 0.237 e. The zero-order valence-electron chi connectivity index (χ0n) is 13.1. The molecule has 1 saturated heterocycles. The molecule has 4 nitrogen and oxygen atoms in total. The Bertz CT molecular complexity index is 498. The third-order valence-electron chi connectivity index (χ3n) is 3.98. The summed E-state index contributed by atoms with van der Waals surface area (Å²) in [6.45, 7) is 5.29. The molecular weight excluding hydrogens is 305 g/mol. The quantitative estimate of drug-likeness (QED) is 0.891. The molecule has 0 aromatic heterocycles. The first-order valence-corrected chi connectivity index (χ1v) is 7.54. The number of nitrogens with two attached hydrogens (primary N) is 1. The van der Waals surface area contributed by atoms with Crippen LogP contribution < -0.4 is 16.0 Å². The number of hydrogen-bond donors (Lipinski definition) is 2. The van der Waals surface area contributed by atoms with Gasteiger partial charge in [-0.05, 0) is 30.9 Å². The van der Waals surface area contributed by atoms with E-state index in [0.717, 1.165) is 19.4 Å². The molecule has 0 radical (unpaired) electrons. The molecule has 1 amide bonds. The molecule has 0 saturated carbocycles. The number of benzene rings is 1. The van der Waals surface area contributed by atoms with E-state index in [1.54, 1.807) is 12.1 Å². The van der Waals surface area contributed by atoms with Gasteiger partial charge in [0.2, 0.25) is 5.91 Å². The lowest BCUT2D eigenvalue weighted by molar-refractivity contribution is -0.124. The van der Waals surface area contributed by atoms with Crippen LogP contribution in [0.2, 0.25) is 0 Å². The lowest BCUT2D eigenvalue weighted by Gasteiger charge is -2.35. The molecule has 3 N–H and O–H groups in total. The molecule has 0 spiro atoms. The Kier molecular flexibility index (Phi) is 7.10. The summed E-state index contributed by atoms with van der Waals surface area (Å²) < 4.78 is 13.8. The van der Waals surface area contributed by atoms with Crippen molar-refractivity contribution in [3.63, 3.8) is 0 Å². The predicted octanol–water partition coefficient (Wildman–Crippen LogP) is 2.32. The van der Waals surface area contributed by atoms with E-state index in [2.05, 4.69) is 5.32 Å². The maximum atomic E-state index is 13.8. The molecule has 1 unspecified atom stereocenters. The van der Waals surface area contributed by atoms with Crippen LogP contribution in [-0.2, 0) is 4.79 Å². The third-order valence-corrected chi connectivity index (χ3v) is 3.98. The van der Waals surface area contributed by atoms with Crippen molar-refractivity contribution in [2.24, 2.45) is 11.7 Å². The molecule has 0 aliphatic carbocycles. The van der Waals surface area contributed by atoms with Crippen LogP contribution in [0.5, 0.6) is 0 Å². The topological polar surface area (TPSA) is 58.4 Å². The standard InChI is InChI=1S/C16H24FN3O.ClH/c1-11(2)15(18)16(21)19-12-6-5-9-20(10-12)14-8-4-3-7-13(14)17;/h3-4,7-8,11-12,15H,5-6,9-10,18H2,1-2H3,(H,19,21);1H/t12?,15-;/m0./s1. The second-order valence-electron chi connectivity index (χ2n) is 6.01. The highest BCUT2D eigenvalue weighted by Crippen LogP contribution is 2.22. The van der Waals surface area contributed by atoms with E-state index in [0.29, 0.717) is 12.2 Å². The van der Waals surface area contributed by atoms with Gasteiger partial charge in [0.15, 0.2) is 0 Å². The number of nitrogens with zero attached hydrogens (tertiary/aromatic N) is 1. The monoisotopic (exact) mass is 329 g/mol. The second-order valence-corrected chi connectivity index (χ2v) is 6.01. The van der Waals surface area contributed by atoms with Crippen LogP contribution in [0.4, 0.5) is 10.1 Å². The van der Waals surface area contributed by atoms with Crippen molar-refractivity contribution in [3.05, 3.63) is 30.1 Å². The Hall–Kier alpha value is -1.33. The Labute approximate surface area is 137 Å². The first kappa shape index (κ1) is 18.7. The van der Waals surface area contributed by atoms with Crippen molar-refractivity contribution < 1.29 is 9.18 Å². The van der Waals surface area contributed by atoms with E-state index in [1.165, 1.54) is 6.07 Å². The normalized spacial score (nSPS) is 19.5. The van der Waals surface area contributed by atoms with Crippen molar-refractivity contribution in [2.75, 3.05) is 18.0 Å². The molecule has 22 heavy (non-hydrogen) atoms. The smallest absolute Gasteiger partial charge is 0.237 e. The van der Waals surface area contributed by atoms with Crippen LogP contribution in [0, 0.1) is 11.7 Å². The van der Waals surface area contributed by atoms with Gasteiger partial charge in [-0.1, -0.05) is 26.0 Å². The molecule has 2 atom stereocenters. The van der Waals surface area contributed by atoms with Gasteiger partial charge in [0.05, 0.1) is 11.7 Å². The van der Waals surface area contributed by atoms with Gasteiger partial charge in [-0.3, -0.25) is 4.79 Å². The van der Waals surface area contributed by atoms with Crippen LogP contribution in [0.1, 0.15) is 26.7 Å². The minimum atomic E-state index is -0.492. The van der Waals surface area contributed by atoms with Crippen LogP contribution in [-0.4, -0.2) is 31.1 Å². The molecule has 1 fully saturated rings. The second kappa shape index (κ2) is 8.34. The minimum Gasteiger partial charge on any atom is -0.367 e. The summed E-state index contributed by atoms with van der Waals surface area (Å²) in [5.74, 6) is -0.231. The van der Waals surface area contributed by atoms with Crippen LogP contribution in [0.15, 0.2) is 24.3 Å². The van der Waals surface area contributed by atoms with Crippen LogP contribution in [0.3, 0.4) is 0 Å². The summed E-state index contributed by atoms with van der Waals surface area (Å²) in [5.41, 5.74) is 6.46. The lowest BCUT2D eigenvalue weighted by Crippen LogP contribution is -2.53. The van der Waals surface area contributed by atoms with Crippen LogP contribution >= 0.6 is 12.4 Å². The first-order chi connectivity index (χ1) is 9.99. The number of nitrogens with one attached hydrogen (secondary N) is 1. The zero-order chi connectivity index (χ0) is 15.4. The largest absolute Gasteiger partial charge is 0.367 e. The van der Waals surface area contributed by atoms with E-state index >= 15 is 0 Å². The number of anilines is 1. The number of amides is 1. The Balaban J connectivity index is 0.00000242. The first-order valence-electron chi connectivity index (χ1n) is 7.54. The third kappa shape index (κ3) is 4.58. The predicted molar refractivity (Wildman–Crippen MR) is 89.8 cm³/mol. The fourth-order valence-corrected chi connectivity index (χ4v) is 2.62. The van der Waals surface area contributed by atoms with Gasteiger partial charge in [0.25, 0.3) is 0 Å². The number of hydrogen-bond acceptors (Lipinski definition) is 3. The van der Waals surface area contributed by atoms with E-state index < -0.39 is 6.04 Å². The molecule has 0 bridgehead atoms. The highest BCUT2D eigenvalue weighted by atomic mass is 35.5. The van der Waals surface area contributed by atoms with Crippen molar-refractivity contribution in [2.45, 2.75) is 38.8 Å². The van der Waals surface area contributed by atoms with E-state index in [9.17, 15) is 9.18 Å². The summed E-state index contributed by atoms with van der Waals surface area (Å²) in [6, 6.07) is 6.29. The fourth-order valence-electron chi connectivity index (χ4n) is 2.62. The zero-order valence-corrected chi connectivity index (χ0v) is 13.9. The van der Waals surface area contributed by atoms with Gasteiger partial charge in [-0.15, -0.1) is 12.4 Å². The molecule has 124 valence electrons. The minimum absolute atomic E-state index is 0. The summed E-state index contributed by atoms with van der Waals surface area (Å²) in [7, 11) is 0. The van der Waals surface area contributed by atoms with Gasteiger partial charge in [0, 0.05) is 19.1 Å². The van der Waals surface area contributed by atoms with Crippen molar-refractivity contribution in [1.82, 2.24) is 5.32 Å². The summed E-state index contributed by atoms with van der Waals surface area (Å²) in [6.07, 6.45) is 1.83. The molecule has 6 heteroatoms. The average Bonchev–Trinajstić information content (AvgIpc) is 2.47. The van der Waals surface area contributed by atoms with Gasteiger partial charge in [-0.2, -0.15) is 0 Å². The SMILES string of the molecule is CC(C)[C@H](N)C(=O)NC1CCCN(c2ccccc2F)C1.Cl. The summed E-state index contributed by atoms with van der Waals surface area (Å²) >= 11 is 0. The van der Waals surface area contributed by atoms with Gasteiger partial charge < -0.3 is 16.0 Å². The molecule has 2 rings (SSSR count). The van der Waals surface area contributed by atoms with Gasteiger partial charge in [-0.25, -0.2) is 4.39 Å². The van der Waals surface area contributed by atoms with E-state index in [1.807, 2.05) is 24.8 Å². The summed E-state index contributed by atoms with van der Waals surface area (Å²) in [4.78, 5) is 14.0. The molecular formula is C16H25ClFN3O. The average molecular weight is 330 g/mol.